The van der Waals surface area contributed by atoms with E-state index in [2.05, 4.69) is 10.3 Å². The summed E-state index contributed by atoms with van der Waals surface area (Å²) in [7, 11) is 1.79. The molecule has 2 aliphatic rings. The SMILES string of the molecule is CN(Cc1ccccc1)C(=O)c1nc(C(=O)NC2CCCC2)c2n1CCCC2. The maximum Gasteiger partial charge on any atom is 0.289 e. The van der Waals surface area contributed by atoms with E-state index in [9.17, 15) is 9.59 Å². The number of carbonyl (C=O) groups excluding carboxylic acids is 2. The number of rotatable bonds is 5. The Labute approximate surface area is 165 Å². The summed E-state index contributed by atoms with van der Waals surface area (Å²) >= 11 is 0. The van der Waals surface area contributed by atoms with Gasteiger partial charge in [0.2, 0.25) is 0 Å². The molecule has 0 unspecified atom stereocenters. The van der Waals surface area contributed by atoms with Gasteiger partial charge in [-0.1, -0.05) is 43.2 Å². The molecule has 0 saturated heterocycles. The molecule has 1 aliphatic heterocycles. The van der Waals surface area contributed by atoms with E-state index < -0.39 is 0 Å². The van der Waals surface area contributed by atoms with Gasteiger partial charge >= 0.3 is 0 Å². The van der Waals surface area contributed by atoms with Crippen molar-refractivity contribution in [2.45, 2.75) is 64.1 Å². The maximum atomic E-state index is 13.1. The summed E-state index contributed by atoms with van der Waals surface area (Å²) < 4.78 is 1.97. The number of hydrogen-bond acceptors (Lipinski definition) is 3. The van der Waals surface area contributed by atoms with E-state index in [-0.39, 0.29) is 17.9 Å². The van der Waals surface area contributed by atoms with Crippen LogP contribution < -0.4 is 5.32 Å². The Balaban J connectivity index is 1.57. The lowest BCUT2D eigenvalue weighted by molar-refractivity contribution is 0.0766. The van der Waals surface area contributed by atoms with Gasteiger partial charge in [-0.2, -0.15) is 0 Å². The second-order valence-electron chi connectivity index (χ2n) is 7.94. The topological polar surface area (TPSA) is 67.2 Å². The van der Waals surface area contributed by atoms with Gasteiger partial charge in [-0.15, -0.1) is 0 Å². The molecule has 2 amide bonds. The number of imidazole rings is 1. The minimum Gasteiger partial charge on any atom is -0.348 e. The van der Waals surface area contributed by atoms with Crippen molar-refractivity contribution < 1.29 is 9.59 Å². The highest BCUT2D eigenvalue weighted by molar-refractivity contribution is 5.97. The Morgan fingerprint density at radius 2 is 1.89 bits per heavy atom. The van der Waals surface area contributed by atoms with Gasteiger partial charge in [-0.25, -0.2) is 4.98 Å². The number of hydrogen-bond donors (Lipinski definition) is 1. The summed E-state index contributed by atoms with van der Waals surface area (Å²) in [5, 5.41) is 3.13. The predicted molar refractivity (Wildman–Crippen MR) is 107 cm³/mol. The smallest absolute Gasteiger partial charge is 0.289 e. The van der Waals surface area contributed by atoms with Crippen LogP contribution in [0.2, 0.25) is 0 Å². The Kier molecular flexibility index (Phi) is 5.46. The molecule has 2 heterocycles. The van der Waals surface area contributed by atoms with E-state index in [1.807, 2.05) is 34.9 Å². The van der Waals surface area contributed by atoms with Gasteiger partial charge in [0.05, 0.1) is 5.69 Å². The van der Waals surface area contributed by atoms with E-state index >= 15 is 0 Å². The van der Waals surface area contributed by atoms with Crippen LogP contribution in [0.3, 0.4) is 0 Å². The van der Waals surface area contributed by atoms with Crippen molar-refractivity contribution in [3.05, 3.63) is 53.1 Å². The van der Waals surface area contributed by atoms with E-state index in [0.717, 1.165) is 49.9 Å². The number of fused-ring (bicyclic) bond motifs is 1. The van der Waals surface area contributed by atoms with Gasteiger partial charge in [-0.05, 0) is 37.7 Å². The number of nitrogens with one attached hydrogen (secondary N) is 1. The molecule has 0 bridgehead atoms. The first-order valence-electron chi connectivity index (χ1n) is 10.3. The number of aromatic nitrogens is 2. The summed E-state index contributed by atoms with van der Waals surface area (Å²) in [6.45, 7) is 1.27. The molecule has 6 heteroatoms. The third-order valence-corrected chi connectivity index (χ3v) is 5.82. The molecule has 1 aromatic carbocycles. The molecule has 4 rings (SSSR count). The predicted octanol–water partition coefficient (Wildman–Crippen LogP) is 3.16. The average Bonchev–Trinajstić information content (AvgIpc) is 3.36. The molecule has 0 radical (unpaired) electrons. The molecule has 1 N–H and O–H groups in total. The second-order valence-corrected chi connectivity index (χ2v) is 7.94. The van der Waals surface area contributed by atoms with Crippen LogP contribution in [0.25, 0.3) is 0 Å². The van der Waals surface area contributed by atoms with Crippen LogP contribution in [0.5, 0.6) is 0 Å². The summed E-state index contributed by atoms with van der Waals surface area (Å²) in [4.78, 5) is 32.2. The van der Waals surface area contributed by atoms with Gasteiger partial charge in [-0.3, -0.25) is 9.59 Å². The fraction of sp³-hybridized carbons (Fsp3) is 0.500. The quantitative estimate of drug-likeness (QED) is 0.866. The molecule has 1 aliphatic carbocycles. The van der Waals surface area contributed by atoms with Crippen molar-refractivity contribution in [2.24, 2.45) is 0 Å². The van der Waals surface area contributed by atoms with Crippen LogP contribution in [-0.4, -0.2) is 39.4 Å². The Bertz CT molecular complexity index is 853. The standard InChI is InChI=1S/C22H28N4O2/c1-25(15-16-9-3-2-4-10-16)22(28)20-24-19(18-13-7-8-14-26(18)20)21(27)23-17-11-5-6-12-17/h2-4,9-10,17H,5-8,11-15H2,1H3,(H,23,27). The monoisotopic (exact) mass is 380 g/mol. The Morgan fingerprint density at radius 1 is 1.14 bits per heavy atom. The molecule has 0 spiro atoms. The van der Waals surface area contributed by atoms with Gasteiger partial charge in [0.1, 0.15) is 5.69 Å². The summed E-state index contributed by atoms with van der Waals surface area (Å²) in [5.74, 6) is 0.138. The van der Waals surface area contributed by atoms with Crippen molar-refractivity contribution in [1.29, 1.82) is 0 Å². The van der Waals surface area contributed by atoms with Crippen molar-refractivity contribution in [3.8, 4) is 0 Å². The highest BCUT2D eigenvalue weighted by Crippen LogP contribution is 2.24. The first-order chi connectivity index (χ1) is 13.6. The minimum absolute atomic E-state index is 0.123. The molecule has 0 atom stereocenters. The third kappa shape index (κ3) is 3.81. The van der Waals surface area contributed by atoms with Crippen molar-refractivity contribution >= 4 is 11.8 Å². The van der Waals surface area contributed by atoms with Crippen LogP contribution in [0.1, 0.15) is 70.9 Å². The molecule has 1 saturated carbocycles. The van der Waals surface area contributed by atoms with Crippen molar-refractivity contribution in [3.63, 3.8) is 0 Å². The molecule has 28 heavy (non-hydrogen) atoms. The van der Waals surface area contributed by atoms with E-state index in [4.69, 9.17) is 0 Å². The van der Waals surface area contributed by atoms with Crippen LogP contribution in [0, 0.1) is 0 Å². The van der Waals surface area contributed by atoms with E-state index in [1.165, 1.54) is 12.8 Å². The largest absolute Gasteiger partial charge is 0.348 e. The zero-order chi connectivity index (χ0) is 19.5. The van der Waals surface area contributed by atoms with E-state index in [0.29, 0.717) is 18.1 Å². The zero-order valence-corrected chi connectivity index (χ0v) is 16.5. The number of amides is 2. The van der Waals surface area contributed by atoms with Crippen molar-refractivity contribution in [1.82, 2.24) is 19.8 Å². The summed E-state index contributed by atoms with van der Waals surface area (Å²) in [5.41, 5.74) is 2.43. The fourth-order valence-electron chi connectivity index (χ4n) is 4.31. The number of nitrogens with zero attached hydrogens (tertiary/aromatic N) is 3. The lowest BCUT2D eigenvalue weighted by Gasteiger charge is -2.20. The van der Waals surface area contributed by atoms with Crippen LogP contribution in [0.15, 0.2) is 30.3 Å². The zero-order valence-electron chi connectivity index (χ0n) is 16.5. The van der Waals surface area contributed by atoms with Gasteiger partial charge in [0, 0.05) is 26.2 Å². The Hall–Kier alpha value is -2.63. The van der Waals surface area contributed by atoms with Crippen LogP contribution >= 0.6 is 0 Å². The third-order valence-electron chi connectivity index (χ3n) is 5.82. The highest BCUT2D eigenvalue weighted by atomic mass is 16.2. The van der Waals surface area contributed by atoms with Crippen molar-refractivity contribution in [2.75, 3.05) is 7.05 Å². The van der Waals surface area contributed by atoms with Gasteiger partial charge in [0.25, 0.3) is 11.8 Å². The fourth-order valence-corrected chi connectivity index (χ4v) is 4.31. The summed E-state index contributed by atoms with van der Waals surface area (Å²) in [6, 6.07) is 10.2. The molecule has 1 aromatic heterocycles. The summed E-state index contributed by atoms with van der Waals surface area (Å²) in [6.07, 6.45) is 7.25. The highest BCUT2D eigenvalue weighted by Gasteiger charge is 2.30. The number of carbonyl (C=O) groups is 2. The van der Waals surface area contributed by atoms with E-state index in [1.54, 1.807) is 11.9 Å². The molecule has 2 aromatic rings. The Morgan fingerprint density at radius 3 is 2.64 bits per heavy atom. The molecule has 6 nitrogen and oxygen atoms in total. The van der Waals surface area contributed by atoms with Gasteiger partial charge < -0.3 is 14.8 Å². The van der Waals surface area contributed by atoms with Gasteiger partial charge in [0.15, 0.2) is 5.82 Å². The van der Waals surface area contributed by atoms with Crippen LogP contribution in [-0.2, 0) is 19.5 Å². The maximum absolute atomic E-state index is 13.1. The number of benzene rings is 1. The minimum atomic E-state index is -0.132. The molecule has 1 fully saturated rings. The first-order valence-corrected chi connectivity index (χ1v) is 10.3. The second kappa shape index (κ2) is 8.17. The lowest BCUT2D eigenvalue weighted by Crippen LogP contribution is -2.33. The first kappa shape index (κ1) is 18.7. The molecular formula is C22H28N4O2. The normalized spacial score (nSPS) is 16.6. The lowest BCUT2D eigenvalue weighted by atomic mass is 10.1. The molecular weight excluding hydrogens is 352 g/mol. The van der Waals surface area contributed by atoms with Crippen LogP contribution in [0.4, 0.5) is 0 Å². The average molecular weight is 380 g/mol. The molecule has 148 valence electrons.